The number of aliphatic hydroxyl groups excluding tert-OH is 2. The van der Waals surface area contributed by atoms with Gasteiger partial charge in [0, 0.05) is 26.2 Å². The summed E-state index contributed by atoms with van der Waals surface area (Å²) in [4.78, 5) is 4.37. The van der Waals surface area contributed by atoms with Crippen molar-refractivity contribution in [3.8, 4) is 0 Å². The van der Waals surface area contributed by atoms with Crippen LogP contribution >= 0.6 is 0 Å². The second-order valence-electron chi connectivity index (χ2n) is 6.02. The summed E-state index contributed by atoms with van der Waals surface area (Å²) in [7, 11) is 3.97. The van der Waals surface area contributed by atoms with E-state index < -0.39 is 0 Å². The first kappa shape index (κ1) is 15.9. The fraction of sp³-hybridized carbons (Fsp3) is 0.923. The van der Waals surface area contributed by atoms with Crippen molar-refractivity contribution in [1.82, 2.24) is 9.80 Å². The summed E-state index contributed by atoms with van der Waals surface area (Å²) in [6.45, 7) is 7.75. The van der Waals surface area contributed by atoms with E-state index in [0.717, 1.165) is 56.8 Å². The average molecular weight is 259 g/mol. The van der Waals surface area contributed by atoms with Gasteiger partial charge in [-0.05, 0) is 14.1 Å². The van der Waals surface area contributed by atoms with Gasteiger partial charge in [0.2, 0.25) is 0 Å². The highest BCUT2D eigenvalue weighted by Gasteiger charge is 2.44. The zero-order valence-electron chi connectivity index (χ0n) is 12.0. The Labute approximate surface area is 111 Å². The van der Waals surface area contributed by atoms with Gasteiger partial charge in [-0.15, -0.1) is 0 Å². The number of hydrogen-bond donors (Lipinski definition) is 2. The first-order valence-corrected chi connectivity index (χ1v) is 6.57. The van der Waals surface area contributed by atoms with Crippen molar-refractivity contribution in [3.05, 3.63) is 7.43 Å². The molecule has 2 fully saturated rings. The molecule has 0 saturated carbocycles. The van der Waals surface area contributed by atoms with Crippen molar-refractivity contribution in [1.29, 1.82) is 0 Å². The van der Waals surface area contributed by atoms with E-state index in [9.17, 15) is 10.2 Å². The van der Waals surface area contributed by atoms with Gasteiger partial charge >= 0.3 is 0 Å². The molecule has 18 heavy (non-hydrogen) atoms. The van der Waals surface area contributed by atoms with Crippen LogP contribution in [0.1, 0.15) is 0 Å². The molecule has 0 aromatic heterocycles. The van der Waals surface area contributed by atoms with Crippen LogP contribution in [0.4, 0.5) is 0 Å². The van der Waals surface area contributed by atoms with E-state index >= 15 is 0 Å². The van der Waals surface area contributed by atoms with Gasteiger partial charge in [0.25, 0.3) is 0 Å². The van der Waals surface area contributed by atoms with E-state index in [2.05, 4.69) is 4.90 Å². The number of nitrogens with zero attached hydrogens (tertiary/aromatic N) is 3. The van der Waals surface area contributed by atoms with Gasteiger partial charge in [0.1, 0.15) is 13.1 Å². The number of piperazine rings is 1. The lowest BCUT2D eigenvalue weighted by atomic mass is 10.0. The lowest BCUT2D eigenvalue weighted by molar-refractivity contribution is -0.975. The molecule has 2 aliphatic rings. The number of rotatable bonds is 4. The highest BCUT2D eigenvalue weighted by atomic mass is 16.3. The third kappa shape index (κ3) is 3.90. The summed E-state index contributed by atoms with van der Waals surface area (Å²) in [5.74, 6) is 0. The second kappa shape index (κ2) is 6.30. The van der Waals surface area contributed by atoms with Crippen molar-refractivity contribution in [3.63, 3.8) is 0 Å². The molecule has 5 nitrogen and oxygen atoms in total. The summed E-state index contributed by atoms with van der Waals surface area (Å²) < 4.78 is 1.10. The molecule has 2 rings (SSSR count). The number of likely N-dealkylation sites (N-methyl/N-ethyl adjacent to an activating group) is 1. The molecule has 2 N–H and O–H groups in total. The first-order valence-electron chi connectivity index (χ1n) is 6.57. The lowest BCUT2D eigenvalue weighted by Crippen LogP contribution is -2.72. The molecule has 108 valence electrons. The Morgan fingerprint density at radius 1 is 1.28 bits per heavy atom. The Morgan fingerprint density at radius 3 is 2.28 bits per heavy atom. The number of quaternary nitrogens is 1. The van der Waals surface area contributed by atoms with Gasteiger partial charge in [-0.3, -0.25) is 4.90 Å². The maximum absolute atomic E-state index is 9.89. The summed E-state index contributed by atoms with van der Waals surface area (Å²) in [5, 5.41) is 19.3. The van der Waals surface area contributed by atoms with Crippen molar-refractivity contribution in [2.24, 2.45) is 0 Å². The molecule has 5 heteroatoms. The van der Waals surface area contributed by atoms with Gasteiger partial charge in [0.05, 0.1) is 19.2 Å². The number of β-amino-alcohol motifs (C(OH)–C–C–N with tert-alkyl or cyclic N) is 1. The molecule has 0 amide bonds. The number of aliphatic hydroxyl groups is 2. The Bertz CT molecular complexity index is 245. The van der Waals surface area contributed by atoms with Gasteiger partial charge < -0.3 is 27.0 Å². The zero-order chi connectivity index (χ0) is 12.5. The summed E-state index contributed by atoms with van der Waals surface area (Å²) in [6, 6.07) is 0. The Morgan fingerprint density at radius 2 is 1.83 bits per heavy atom. The van der Waals surface area contributed by atoms with Crippen LogP contribution < -0.4 is 0 Å². The minimum Gasteiger partial charge on any atom is -0.390 e. The van der Waals surface area contributed by atoms with E-state index in [0.29, 0.717) is 0 Å². The van der Waals surface area contributed by atoms with E-state index in [4.69, 9.17) is 0 Å². The van der Waals surface area contributed by atoms with Crippen molar-refractivity contribution >= 4 is 0 Å². The third-order valence-corrected chi connectivity index (χ3v) is 4.02. The maximum atomic E-state index is 9.89. The van der Waals surface area contributed by atoms with E-state index in [1.54, 1.807) is 0 Å². The molecule has 0 bridgehead atoms. The highest BCUT2D eigenvalue weighted by Crippen LogP contribution is 2.23. The fourth-order valence-corrected chi connectivity index (χ4v) is 3.10. The number of hydrogen-bond acceptors (Lipinski definition) is 4. The topological polar surface area (TPSA) is 46.9 Å². The SMILES string of the molecule is CN(C)CC(O)CN1CC[N+]2(CC1)CC(O)C2.[CH3-]. The van der Waals surface area contributed by atoms with Crippen LogP contribution in [0.2, 0.25) is 0 Å². The van der Waals surface area contributed by atoms with Crippen molar-refractivity contribution in [2.75, 3.05) is 66.5 Å². The molecular weight excluding hydrogens is 230 g/mol. The smallest absolute Gasteiger partial charge is 0.152 e. The fourth-order valence-electron chi connectivity index (χ4n) is 3.10. The Hall–Kier alpha value is -0.200. The van der Waals surface area contributed by atoms with Gasteiger partial charge in [-0.2, -0.15) is 0 Å². The Kier molecular flexibility index (Phi) is 5.55. The largest absolute Gasteiger partial charge is 0.390 e. The summed E-state index contributed by atoms with van der Waals surface area (Å²) in [5.41, 5.74) is 0. The predicted octanol–water partition coefficient (Wildman–Crippen LogP) is -1.13. The summed E-state index contributed by atoms with van der Waals surface area (Å²) in [6.07, 6.45) is -0.320. The zero-order valence-corrected chi connectivity index (χ0v) is 12.0. The maximum Gasteiger partial charge on any atom is 0.152 e. The van der Waals surface area contributed by atoms with Crippen LogP contribution in [-0.2, 0) is 0 Å². The highest BCUT2D eigenvalue weighted by molar-refractivity contribution is 4.75. The first-order chi connectivity index (χ1) is 7.99. The quantitative estimate of drug-likeness (QED) is 0.495. The molecule has 0 aromatic carbocycles. The van der Waals surface area contributed by atoms with Crippen LogP contribution in [0.5, 0.6) is 0 Å². The predicted molar refractivity (Wildman–Crippen MR) is 73.2 cm³/mol. The molecule has 2 saturated heterocycles. The molecule has 0 aromatic rings. The van der Waals surface area contributed by atoms with Crippen LogP contribution in [0.3, 0.4) is 0 Å². The minimum atomic E-state index is -0.251. The second-order valence-corrected chi connectivity index (χ2v) is 6.02. The van der Waals surface area contributed by atoms with Gasteiger partial charge in [-0.1, -0.05) is 0 Å². The monoisotopic (exact) mass is 259 g/mol. The van der Waals surface area contributed by atoms with E-state index in [1.165, 1.54) is 0 Å². The third-order valence-electron chi connectivity index (χ3n) is 4.02. The van der Waals surface area contributed by atoms with Gasteiger partial charge in [0.15, 0.2) is 6.10 Å². The molecule has 1 spiro atoms. The lowest BCUT2D eigenvalue weighted by Gasteiger charge is -2.52. The Balaban J connectivity index is 0.00000162. The van der Waals surface area contributed by atoms with Gasteiger partial charge in [-0.25, -0.2) is 0 Å². The van der Waals surface area contributed by atoms with E-state index in [1.807, 2.05) is 19.0 Å². The molecule has 0 aliphatic carbocycles. The van der Waals surface area contributed by atoms with Crippen molar-refractivity contribution in [2.45, 2.75) is 12.2 Å². The molecular formula is C13H29N3O2. The van der Waals surface area contributed by atoms with Crippen LogP contribution in [0.25, 0.3) is 0 Å². The molecule has 2 aliphatic heterocycles. The van der Waals surface area contributed by atoms with Crippen LogP contribution in [-0.4, -0.2) is 103 Å². The van der Waals surface area contributed by atoms with E-state index in [-0.39, 0.29) is 19.6 Å². The van der Waals surface area contributed by atoms with Crippen LogP contribution in [0, 0.1) is 7.43 Å². The normalized spacial score (nSPS) is 25.8. The molecule has 0 radical (unpaired) electrons. The average Bonchev–Trinajstić information content (AvgIpc) is 2.18. The molecule has 1 atom stereocenters. The molecule has 1 unspecified atom stereocenters. The minimum absolute atomic E-state index is 0. The van der Waals surface area contributed by atoms with Crippen molar-refractivity contribution < 1.29 is 14.7 Å². The van der Waals surface area contributed by atoms with Crippen LogP contribution in [0.15, 0.2) is 0 Å². The summed E-state index contributed by atoms with van der Waals surface area (Å²) >= 11 is 0. The molecule has 2 heterocycles. The standard InChI is InChI=1S/C12H26N3O2.CH3/c1-13(2)7-11(16)8-14-3-5-15(6-4-14)9-12(17)10-15;/h11-12,16-17H,3-10H2,1-2H3;1H3/q+1;-1.